The van der Waals surface area contributed by atoms with Crippen LogP contribution in [0.25, 0.3) is 0 Å². The second-order valence-corrected chi connectivity index (χ2v) is 15.7. The molecule has 0 spiro atoms. The summed E-state index contributed by atoms with van der Waals surface area (Å²) in [4.78, 5) is 62.8. The smallest absolute Gasteiger partial charge is 0.262 e. The fraction of sp³-hybridized carbons (Fsp3) is 0.381. The predicted octanol–water partition coefficient (Wildman–Crippen LogP) is 4.36. The van der Waals surface area contributed by atoms with Gasteiger partial charge in [0.15, 0.2) is 0 Å². The molecule has 5 heterocycles. The first-order chi connectivity index (χ1) is 26.6. The number of aromatic nitrogens is 2. The first-order valence-corrected chi connectivity index (χ1v) is 19.0. The minimum atomic E-state index is -0.984. The third-order valence-electron chi connectivity index (χ3n) is 11.8. The number of carbonyl (C=O) groups excluding carboxylic acids is 4. The Balaban J connectivity index is 0.755. The number of anilines is 2. The summed E-state index contributed by atoms with van der Waals surface area (Å²) in [5, 5.41) is 9.20. The van der Waals surface area contributed by atoms with E-state index < -0.39 is 29.7 Å². The van der Waals surface area contributed by atoms with Crippen molar-refractivity contribution in [2.75, 3.05) is 23.3 Å². The molecule has 1 aliphatic carbocycles. The van der Waals surface area contributed by atoms with Crippen molar-refractivity contribution in [3.05, 3.63) is 107 Å². The van der Waals surface area contributed by atoms with Crippen molar-refractivity contribution in [2.45, 2.75) is 88.2 Å². The molecule has 2 bridgehead atoms. The van der Waals surface area contributed by atoms with E-state index in [9.17, 15) is 19.2 Å². The average molecular weight is 742 g/mol. The molecule has 4 amide bonds. The summed E-state index contributed by atoms with van der Waals surface area (Å²) in [5.74, 6) is 0.334. The summed E-state index contributed by atoms with van der Waals surface area (Å²) in [6.07, 6.45) is 4.79. The lowest BCUT2D eigenvalue weighted by Crippen LogP contribution is -2.54. The van der Waals surface area contributed by atoms with E-state index >= 15 is 0 Å². The Labute approximate surface area is 318 Å². The van der Waals surface area contributed by atoms with Crippen LogP contribution in [-0.2, 0) is 21.6 Å². The second-order valence-electron chi connectivity index (χ2n) is 15.7. The maximum absolute atomic E-state index is 13.2. The SMILES string of the molecule is CC(C)(c1ccc(OCc2ccnc(N3C[C@@H]4C[C@H]3CN4)n2)cc1)c1ccc(O[C@H]2C[C@@H](Nc3ccc4c(c3)C(=O)N(C3CCC(=O)NC3=O)C4=O)C2)cc1. The molecule has 3 aromatic carbocycles. The molecular weight excluding hydrogens is 699 g/mol. The fourth-order valence-corrected chi connectivity index (χ4v) is 8.42. The molecule has 0 radical (unpaired) electrons. The molecule has 1 unspecified atom stereocenters. The fourth-order valence-electron chi connectivity index (χ4n) is 8.42. The average Bonchev–Trinajstić information content (AvgIpc) is 3.88. The maximum atomic E-state index is 13.2. The number of benzene rings is 3. The van der Waals surface area contributed by atoms with E-state index in [-0.39, 0.29) is 41.5 Å². The third kappa shape index (κ3) is 6.66. The molecular formula is C42H43N7O6. The summed E-state index contributed by atoms with van der Waals surface area (Å²) < 4.78 is 12.4. The summed E-state index contributed by atoms with van der Waals surface area (Å²) in [6.45, 7) is 6.73. The molecule has 3 atom stereocenters. The van der Waals surface area contributed by atoms with Crippen LogP contribution >= 0.6 is 0 Å². The molecule has 1 saturated carbocycles. The van der Waals surface area contributed by atoms with Gasteiger partial charge in [-0.1, -0.05) is 38.1 Å². The van der Waals surface area contributed by atoms with Crippen LogP contribution in [0.1, 0.15) is 83.5 Å². The molecule has 55 heavy (non-hydrogen) atoms. The summed E-state index contributed by atoms with van der Waals surface area (Å²) in [6, 6.07) is 23.7. The van der Waals surface area contributed by atoms with Gasteiger partial charge in [-0.15, -0.1) is 0 Å². The lowest BCUT2D eigenvalue weighted by Gasteiger charge is -2.36. The molecule has 4 fully saturated rings. The molecule has 3 N–H and O–H groups in total. The van der Waals surface area contributed by atoms with Crippen molar-refractivity contribution >= 4 is 35.3 Å². The van der Waals surface area contributed by atoms with Crippen molar-refractivity contribution in [1.29, 1.82) is 0 Å². The van der Waals surface area contributed by atoms with Crippen LogP contribution in [-0.4, -0.2) is 81.9 Å². The number of hydrogen-bond donors (Lipinski definition) is 3. The highest BCUT2D eigenvalue weighted by Crippen LogP contribution is 2.36. The highest BCUT2D eigenvalue weighted by atomic mass is 16.5. The highest BCUT2D eigenvalue weighted by Gasteiger charge is 2.45. The Morgan fingerprint density at radius 2 is 1.60 bits per heavy atom. The van der Waals surface area contributed by atoms with Crippen LogP contribution in [0.4, 0.5) is 11.6 Å². The van der Waals surface area contributed by atoms with Crippen LogP contribution < -0.4 is 30.3 Å². The Kier molecular flexibility index (Phi) is 8.76. The number of piperidine rings is 1. The highest BCUT2D eigenvalue weighted by molar-refractivity contribution is 6.23. The molecule has 13 heteroatoms. The van der Waals surface area contributed by atoms with Gasteiger partial charge < -0.3 is 25.0 Å². The quantitative estimate of drug-likeness (QED) is 0.188. The van der Waals surface area contributed by atoms with Crippen LogP contribution in [0.5, 0.6) is 11.5 Å². The lowest BCUT2D eigenvalue weighted by atomic mass is 9.78. The first-order valence-electron chi connectivity index (χ1n) is 19.0. The Bertz CT molecular complexity index is 2170. The van der Waals surface area contributed by atoms with Gasteiger partial charge in [-0.2, -0.15) is 0 Å². The number of hydrogen-bond acceptors (Lipinski definition) is 11. The second kappa shape index (κ2) is 13.8. The molecule has 5 aliphatic rings. The molecule has 4 aliphatic heterocycles. The Hall–Kier alpha value is -5.82. The standard InChI is InChI=1S/C42H43N7O6/c1-42(2,24-3-8-31(9-4-24)54-23-27-15-16-43-41(46-27)48-22-29-17-30(48)21-44-29)25-5-10-32(11-6-25)55-33-18-28(19-33)45-26-7-12-34-35(20-26)40(53)49(39(34)52)36-13-14-37(50)47-38(36)51/h3-12,15-16,20,28-30,33,36,44-45H,13-14,17-19,21-23H2,1-2H3,(H,47,50,51)/t28-,29-,30-,33+,36?/m0/s1. The molecule has 4 aromatic rings. The van der Waals surface area contributed by atoms with Crippen LogP contribution in [0.3, 0.4) is 0 Å². The number of piperazine rings is 1. The van der Waals surface area contributed by atoms with Crippen molar-refractivity contribution in [2.24, 2.45) is 0 Å². The molecule has 1 aromatic heterocycles. The Morgan fingerprint density at radius 3 is 2.29 bits per heavy atom. The van der Waals surface area contributed by atoms with Crippen molar-refractivity contribution < 1.29 is 28.7 Å². The Morgan fingerprint density at radius 1 is 0.873 bits per heavy atom. The number of nitrogens with zero attached hydrogens (tertiary/aromatic N) is 4. The lowest BCUT2D eigenvalue weighted by molar-refractivity contribution is -0.136. The minimum Gasteiger partial charge on any atom is -0.490 e. The first kappa shape index (κ1) is 34.9. The van der Waals surface area contributed by atoms with Gasteiger partial charge in [0.1, 0.15) is 30.3 Å². The molecule has 3 saturated heterocycles. The molecule has 9 rings (SSSR count). The predicted molar refractivity (Wildman–Crippen MR) is 203 cm³/mol. The van der Waals surface area contributed by atoms with E-state index in [2.05, 4.69) is 63.9 Å². The maximum Gasteiger partial charge on any atom is 0.262 e. The normalized spacial score (nSPS) is 24.4. The zero-order valence-corrected chi connectivity index (χ0v) is 30.8. The van der Waals surface area contributed by atoms with E-state index in [1.54, 1.807) is 18.2 Å². The number of carbonyl (C=O) groups is 4. The number of rotatable bonds is 11. The van der Waals surface area contributed by atoms with Gasteiger partial charge in [0.25, 0.3) is 11.8 Å². The van der Waals surface area contributed by atoms with E-state index in [1.165, 1.54) is 11.1 Å². The minimum absolute atomic E-state index is 0.0473. The van der Waals surface area contributed by atoms with Crippen LogP contribution in [0.2, 0.25) is 0 Å². The van der Waals surface area contributed by atoms with Crippen LogP contribution in [0.15, 0.2) is 79.0 Å². The van der Waals surface area contributed by atoms with E-state index in [4.69, 9.17) is 14.5 Å². The van der Waals surface area contributed by atoms with E-state index in [0.29, 0.717) is 18.7 Å². The third-order valence-corrected chi connectivity index (χ3v) is 11.8. The largest absolute Gasteiger partial charge is 0.490 e. The molecule has 13 nitrogen and oxygen atoms in total. The zero-order valence-electron chi connectivity index (χ0n) is 30.8. The number of fused-ring (bicyclic) bond motifs is 3. The van der Waals surface area contributed by atoms with E-state index in [0.717, 1.165) is 66.1 Å². The number of amides is 4. The van der Waals surface area contributed by atoms with Gasteiger partial charge in [0.05, 0.1) is 16.8 Å². The van der Waals surface area contributed by atoms with Crippen molar-refractivity contribution in [3.8, 4) is 11.5 Å². The number of nitrogens with one attached hydrogen (secondary N) is 3. The molecule has 282 valence electrons. The van der Waals surface area contributed by atoms with Gasteiger partial charge in [0.2, 0.25) is 17.8 Å². The number of ether oxygens (including phenoxy) is 2. The zero-order chi connectivity index (χ0) is 37.8. The van der Waals surface area contributed by atoms with Gasteiger partial charge in [0, 0.05) is 67.8 Å². The summed E-state index contributed by atoms with van der Waals surface area (Å²) in [7, 11) is 0. The van der Waals surface area contributed by atoms with Gasteiger partial charge >= 0.3 is 0 Å². The van der Waals surface area contributed by atoms with Gasteiger partial charge in [-0.25, -0.2) is 9.97 Å². The van der Waals surface area contributed by atoms with Crippen LogP contribution in [0, 0.1) is 0 Å². The van der Waals surface area contributed by atoms with Gasteiger partial charge in [-0.05, 0) is 72.5 Å². The van der Waals surface area contributed by atoms with Crippen molar-refractivity contribution in [3.63, 3.8) is 0 Å². The monoisotopic (exact) mass is 741 g/mol. The number of imide groups is 2. The summed E-state index contributed by atoms with van der Waals surface area (Å²) in [5.41, 5.74) is 4.20. The topological polar surface area (TPSA) is 155 Å². The van der Waals surface area contributed by atoms with Gasteiger partial charge in [-0.3, -0.25) is 29.4 Å². The van der Waals surface area contributed by atoms with Crippen molar-refractivity contribution in [1.82, 2.24) is 25.5 Å². The summed E-state index contributed by atoms with van der Waals surface area (Å²) >= 11 is 0. The van der Waals surface area contributed by atoms with E-state index in [1.807, 2.05) is 36.5 Å².